The minimum atomic E-state index is 0.359. The third-order valence-corrected chi connectivity index (χ3v) is 2.76. The molecule has 0 aromatic heterocycles. The molecule has 0 saturated heterocycles. The average molecular weight is 162 g/mol. The Hall–Kier alpha value is -0.850. The van der Waals surface area contributed by atoms with Gasteiger partial charge in [-0.3, -0.25) is 4.79 Å². The van der Waals surface area contributed by atoms with E-state index in [4.69, 9.17) is 0 Å². The average Bonchev–Trinajstić information content (AvgIpc) is 2.82. The number of ketones is 1. The lowest BCUT2D eigenvalue weighted by atomic mass is 9.96. The van der Waals surface area contributed by atoms with Gasteiger partial charge in [-0.15, -0.1) is 6.58 Å². The second kappa shape index (κ2) is 2.89. The van der Waals surface area contributed by atoms with Crippen LogP contribution in [0.2, 0.25) is 0 Å². The predicted octanol–water partition coefficient (Wildman–Crippen LogP) is 2.49. The highest BCUT2D eigenvalue weighted by Crippen LogP contribution is 2.37. The summed E-state index contributed by atoms with van der Waals surface area (Å²) in [6, 6.07) is 0. The summed E-state index contributed by atoms with van der Waals surface area (Å²) in [6.07, 6.45) is 8.40. The molecule has 0 spiro atoms. The number of carbonyl (C=O) groups is 1. The topological polar surface area (TPSA) is 17.1 Å². The quantitative estimate of drug-likeness (QED) is 0.583. The van der Waals surface area contributed by atoms with E-state index in [9.17, 15) is 4.79 Å². The maximum absolute atomic E-state index is 11.7. The van der Waals surface area contributed by atoms with Gasteiger partial charge in [-0.2, -0.15) is 0 Å². The minimum absolute atomic E-state index is 0.359. The Morgan fingerprint density at radius 1 is 1.50 bits per heavy atom. The number of hydrogen-bond donors (Lipinski definition) is 0. The van der Waals surface area contributed by atoms with Crippen molar-refractivity contribution < 1.29 is 4.79 Å². The molecule has 0 heterocycles. The number of Topliss-reactive ketones (excluding diaryl/α,β-unsaturated/α-hetero) is 1. The molecule has 1 heteroatoms. The molecule has 0 amide bonds. The molecule has 0 radical (unpaired) electrons. The van der Waals surface area contributed by atoms with Crippen LogP contribution in [0.15, 0.2) is 24.3 Å². The number of allylic oxidation sites excluding steroid dienone is 3. The van der Waals surface area contributed by atoms with Crippen molar-refractivity contribution in [1.29, 1.82) is 0 Å². The van der Waals surface area contributed by atoms with Gasteiger partial charge in [0.15, 0.2) is 5.78 Å². The first-order valence-corrected chi connectivity index (χ1v) is 4.69. The molecule has 2 aliphatic carbocycles. The molecule has 0 aromatic carbocycles. The fraction of sp³-hybridized carbons (Fsp3) is 0.545. The van der Waals surface area contributed by atoms with Crippen LogP contribution in [-0.2, 0) is 4.79 Å². The van der Waals surface area contributed by atoms with Crippen molar-refractivity contribution in [2.24, 2.45) is 11.8 Å². The Balaban J connectivity index is 2.10. The molecule has 2 aliphatic rings. The molecule has 0 aliphatic heterocycles. The lowest BCUT2D eigenvalue weighted by Crippen LogP contribution is -2.09. The summed E-state index contributed by atoms with van der Waals surface area (Å²) in [7, 11) is 0. The Kier molecular flexibility index (Phi) is 1.87. The van der Waals surface area contributed by atoms with Crippen molar-refractivity contribution in [2.45, 2.75) is 25.7 Å². The van der Waals surface area contributed by atoms with E-state index in [1.54, 1.807) is 0 Å². The molecule has 12 heavy (non-hydrogen) atoms. The van der Waals surface area contributed by atoms with Crippen LogP contribution in [0.1, 0.15) is 25.7 Å². The van der Waals surface area contributed by atoms with E-state index >= 15 is 0 Å². The maximum atomic E-state index is 11.7. The second-order valence-corrected chi connectivity index (χ2v) is 3.72. The lowest BCUT2D eigenvalue weighted by Gasteiger charge is -2.07. The number of hydrogen-bond acceptors (Lipinski definition) is 1. The van der Waals surface area contributed by atoms with E-state index in [2.05, 4.69) is 12.7 Å². The van der Waals surface area contributed by atoms with Crippen molar-refractivity contribution in [1.82, 2.24) is 0 Å². The fourth-order valence-corrected chi connectivity index (χ4v) is 1.83. The molecule has 64 valence electrons. The first-order valence-electron chi connectivity index (χ1n) is 4.69. The molecule has 1 atom stereocenters. The highest BCUT2D eigenvalue weighted by Gasteiger charge is 2.34. The van der Waals surface area contributed by atoms with Gasteiger partial charge in [-0.25, -0.2) is 0 Å². The smallest absolute Gasteiger partial charge is 0.162 e. The van der Waals surface area contributed by atoms with Gasteiger partial charge < -0.3 is 0 Å². The summed E-state index contributed by atoms with van der Waals surface area (Å²) in [5.41, 5.74) is 1.05. The zero-order valence-electron chi connectivity index (χ0n) is 7.25. The first kappa shape index (κ1) is 7.78. The Bertz CT molecular complexity index is 246. The summed E-state index contributed by atoms with van der Waals surface area (Å²) in [4.78, 5) is 11.7. The Morgan fingerprint density at radius 3 is 2.83 bits per heavy atom. The van der Waals surface area contributed by atoms with Crippen LogP contribution in [0.5, 0.6) is 0 Å². The van der Waals surface area contributed by atoms with Gasteiger partial charge in [-0.1, -0.05) is 12.2 Å². The van der Waals surface area contributed by atoms with E-state index in [1.165, 1.54) is 0 Å². The molecular weight excluding hydrogens is 148 g/mol. The van der Waals surface area contributed by atoms with Crippen LogP contribution in [0.4, 0.5) is 0 Å². The monoisotopic (exact) mass is 162 g/mol. The van der Waals surface area contributed by atoms with E-state index in [1.807, 2.05) is 6.08 Å². The highest BCUT2D eigenvalue weighted by molar-refractivity contribution is 5.99. The highest BCUT2D eigenvalue weighted by atomic mass is 16.1. The van der Waals surface area contributed by atoms with Crippen molar-refractivity contribution >= 4 is 5.78 Å². The molecule has 1 fully saturated rings. The zero-order chi connectivity index (χ0) is 8.55. The second-order valence-electron chi connectivity index (χ2n) is 3.72. The fourth-order valence-electron chi connectivity index (χ4n) is 1.83. The summed E-state index contributed by atoms with van der Waals surface area (Å²) in [5.74, 6) is 1.13. The van der Waals surface area contributed by atoms with Crippen LogP contribution in [0.3, 0.4) is 0 Å². The van der Waals surface area contributed by atoms with Gasteiger partial charge in [0.25, 0.3) is 0 Å². The summed E-state index contributed by atoms with van der Waals surface area (Å²) < 4.78 is 0. The number of carbonyl (C=O) groups excluding carboxylic acids is 1. The maximum Gasteiger partial charge on any atom is 0.162 e. The van der Waals surface area contributed by atoms with Crippen molar-refractivity contribution in [2.75, 3.05) is 0 Å². The van der Waals surface area contributed by atoms with E-state index < -0.39 is 0 Å². The lowest BCUT2D eigenvalue weighted by molar-refractivity contribution is -0.117. The van der Waals surface area contributed by atoms with E-state index in [0.29, 0.717) is 17.6 Å². The van der Waals surface area contributed by atoms with Crippen LogP contribution >= 0.6 is 0 Å². The molecule has 2 rings (SSSR count). The van der Waals surface area contributed by atoms with Crippen LogP contribution < -0.4 is 0 Å². The standard InChI is InChI=1S/C11H14O/c1-2-8-4-3-5-10(8)11(12)9-6-7-9/h2,5,8-9H,1,3-4,6-7H2. The summed E-state index contributed by atoms with van der Waals surface area (Å²) in [5, 5.41) is 0. The molecule has 1 saturated carbocycles. The summed E-state index contributed by atoms with van der Waals surface area (Å²) in [6.45, 7) is 3.76. The van der Waals surface area contributed by atoms with Crippen molar-refractivity contribution in [3.05, 3.63) is 24.3 Å². The van der Waals surface area contributed by atoms with Gasteiger partial charge in [0.05, 0.1) is 0 Å². The first-order chi connectivity index (χ1) is 5.83. The summed E-state index contributed by atoms with van der Waals surface area (Å²) >= 11 is 0. The molecule has 1 nitrogen and oxygen atoms in total. The van der Waals surface area contributed by atoms with Gasteiger partial charge in [0.1, 0.15) is 0 Å². The molecule has 0 N–H and O–H groups in total. The van der Waals surface area contributed by atoms with Crippen LogP contribution in [-0.4, -0.2) is 5.78 Å². The number of rotatable bonds is 3. The molecule has 0 bridgehead atoms. The molecular formula is C11H14O. The van der Waals surface area contributed by atoms with E-state index in [-0.39, 0.29) is 0 Å². The largest absolute Gasteiger partial charge is 0.294 e. The van der Waals surface area contributed by atoms with Gasteiger partial charge in [0, 0.05) is 11.8 Å². The van der Waals surface area contributed by atoms with Crippen LogP contribution in [0, 0.1) is 11.8 Å². The molecule has 0 aromatic rings. The minimum Gasteiger partial charge on any atom is -0.294 e. The van der Waals surface area contributed by atoms with Gasteiger partial charge in [-0.05, 0) is 31.3 Å². The molecule has 1 unspecified atom stereocenters. The van der Waals surface area contributed by atoms with Crippen LogP contribution in [0.25, 0.3) is 0 Å². The Labute approximate surface area is 73.2 Å². The predicted molar refractivity (Wildman–Crippen MR) is 48.7 cm³/mol. The SMILES string of the molecule is C=CC1CCC=C1C(=O)C1CC1. The van der Waals surface area contributed by atoms with E-state index in [0.717, 1.165) is 31.3 Å². The third-order valence-electron chi connectivity index (χ3n) is 2.76. The third kappa shape index (κ3) is 1.24. The van der Waals surface area contributed by atoms with Crippen molar-refractivity contribution in [3.63, 3.8) is 0 Å². The van der Waals surface area contributed by atoms with Gasteiger partial charge >= 0.3 is 0 Å². The Morgan fingerprint density at radius 2 is 2.25 bits per heavy atom. The van der Waals surface area contributed by atoms with Gasteiger partial charge in [0.2, 0.25) is 0 Å². The zero-order valence-corrected chi connectivity index (χ0v) is 7.25. The van der Waals surface area contributed by atoms with Crippen molar-refractivity contribution in [3.8, 4) is 0 Å². The normalized spacial score (nSPS) is 28.3.